The van der Waals surface area contributed by atoms with Gasteiger partial charge in [-0.25, -0.2) is 0 Å². The van der Waals surface area contributed by atoms with Crippen LogP contribution in [0, 0.1) is 5.92 Å². The van der Waals surface area contributed by atoms with E-state index in [4.69, 9.17) is 4.74 Å². The van der Waals surface area contributed by atoms with E-state index in [1.54, 1.807) is 0 Å². The standard InChI is InChI=1S/C17H27NO/c1-6-19-15-9-7-13(8-10-15)17(5)11-14(17)12-18-16(2,3)4/h7-10,14,18H,6,11-12H2,1-5H3. The van der Waals surface area contributed by atoms with Gasteiger partial charge < -0.3 is 10.1 Å². The van der Waals surface area contributed by atoms with E-state index in [1.807, 2.05) is 6.92 Å². The van der Waals surface area contributed by atoms with Crippen molar-refractivity contribution in [2.24, 2.45) is 5.92 Å². The zero-order valence-electron chi connectivity index (χ0n) is 12.9. The van der Waals surface area contributed by atoms with E-state index in [9.17, 15) is 0 Å². The second-order valence-corrected chi connectivity index (χ2v) is 6.91. The highest BCUT2D eigenvalue weighted by Gasteiger charge is 2.50. The summed E-state index contributed by atoms with van der Waals surface area (Å²) in [7, 11) is 0. The van der Waals surface area contributed by atoms with Crippen molar-refractivity contribution < 1.29 is 4.74 Å². The molecule has 0 aliphatic heterocycles. The van der Waals surface area contributed by atoms with Crippen LogP contribution >= 0.6 is 0 Å². The van der Waals surface area contributed by atoms with E-state index >= 15 is 0 Å². The molecule has 2 heteroatoms. The molecule has 2 atom stereocenters. The second kappa shape index (κ2) is 5.16. The summed E-state index contributed by atoms with van der Waals surface area (Å²) in [6, 6.07) is 8.64. The highest BCUT2D eigenvalue weighted by atomic mass is 16.5. The van der Waals surface area contributed by atoms with Gasteiger partial charge in [-0.05, 0) is 69.7 Å². The molecular formula is C17H27NO. The van der Waals surface area contributed by atoms with Crippen molar-refractivity contribution in [3.63, 3.8) is 0 Å². The van der Waals surface area contributed by atoms with E-state index in [2.05, 4.69) is 57.3 Å². The van der Waals surface area contributed by atoms with Crippen LogP contribution in [0.5, 0.6) is 5.75 Å². The summed E-state index contributed by atoms with van der Waals surface area (Å²) in [5.74, 6) is 1.73. The lowest BCUT2D eigenvalue weighted by Gasteiger charge is -2.21. The molecule has 0 bridgehead atoms. The molecule has 106 valence electrons. The summed E-state index contributed by atoms with van der Waals surface area (Å²) in [6.45, 7) is 12.9. The Morgan fingerprint density at radius 3 is 2.42 bits per heavy atom. The molecule has 0 radical (unpaired) electrons. The van der Waals surface area contributed by atoms with E-state index in [0.29, 0.717) is 5.41 Å². The minimum absolute atomic E-state index is 0.211. The van der Waals surface area contributed by atoms with Crippen LogP contribution in [0.3, 0.4) is 0 Å². The molecule has 1 N–H and O–H groups in total. The fourth-order valence-electron chi connectivity index (χ4n) is 2.63. The summed E-state index contributed by atoms with van der Waals surface area (Å²) < 4.78 is 5.50. The van der Waals surface area contributed by atoms with Gasteiger partial charge in [0.1, 0.15) is 5.75 Å². The molecule has 2 nitrogen and oxygen atoms in total. The fraction of sp³-hybridized carbons (Fsp3) is 0.647. The highest BCUT2D eigenvalue weighted by molar-refractivity contribution is 5.37. The SMILES string of the molecule is CCOc1ccc(C2(C)CC2CNC(C)(C)C)cc1. The Morgan fingerprint density at radius 1 is 1.26 bits per heavy atom. The van der Waals surface area contributed by atoms with Gasteiger partial charge in [0, 0.05) is 5.54 Å². The molecule has 19 heavy (non-hydrogen) atoms. The van der Waals surface area contributed by atoms with Crippen molar-refractivity contribution in [2.45, 2.75) is 52.0 Å². The summed E-state index contributed by atoms with van der Waals surface area (Å²) in [5.41, 5.74) is 2.00. The van der Waals surface area contributed by atoms with Crippen LogP contribution in [-0.4, -0.2) is 18.7 Å². The van der Waals surface area contributed by atoms with E-state index in [0.717, 1.165) is 24.8 Å². The first-order chi connectivity index (χ1) is 8.85. The average Bonchev–Trinajstić information content (AvgIpc) is 3.00. The first-order valence-corrected chi connectivity index (χ1v) is 7.33. The predicted molar refractivity (Wildman–Crippen MR) is 80.8 cm³/mol. The molecule has 1 aliphatic carbocycles. The monoisotopic (exact) mass is 261 g/mol. The van der Waals surface area contributed by atoms with Crippen molar-refractivity contribution in [1.82, 2.24) is 5.32 Å². The van der Waals surface area contributed by atoms with Crippen LogP contribution in [0.25, 0.3) is 0 Å². The number of nitrogens with one attached hydrogen (secondary N) is 1. The normalized spacial score (nSPS) is 26.3. The summed E-state index contributed by atoms with van der Waals surface area (Å²) >= 11 is 0. The molecule has 1 saturated carbocycles. The Kier molecular flexibility index (Phi) is 3.91. The topological polar surface area (TPSA) is 21.3 Å². The third-order valence-corrected chi connectivity index (χ3v) is 4.11. The van der Waals surface area contributed by atoms with Crippen molar-refractivity contribution in [2.75, 3.05) is 13.2 Å². The molecule has 0 saturated heterocycles. The molecule has 1 aliphatic rings. The Balaban J connectivity index is 1.95. The largest absolute Gasteiger partial charge is 0.494 e. The maximum atomic E-state index is 5.50. The van der Waals surface area contributed by atoms with Crippen LogP contribution in [-0.2, 0) is 5.41 Å². The first-order valence-electron chi connectivity index (χ1n) is 7.33. The maximum absolute atomic E-state index is 5.50. The van der Waals surface area contributed by atoms with Crippen LogP contribution in [0.15, 0.2) is 24.3 Å². The molecule has 1 aromatic carbocycles. The molecule has 0 aromatic heterocycles. The van der Waals surface area contributed by atoms with Crippen LogP contribution in [0.4, 0.5) is 0 Å². The van der Waals surface area contributed by atoms with Crippen molar-refractivity contribution in [3.05, 3.63) is 29.8 Å². The van der Waals surface area contributed by atoms with Crippen LogP contribution < -0.4 is 10.1 Å². The Bertz CT molecular complexity index is 418. The lowest BCUT2D eigenvalue weighted by molar-refractivity contribution is 0.340. The zero-order valence-corrected chi connectivity index (χ0v) is 12.9. The summed E-state index contributed by atoms with van der Waals surface area (Å²) in [4.78, 5) is 0. The zero-order chi connectivity index (χ0) is 14.1. The van der Waals surface area contributed by atoms with Gasteiger partial charge in [-0.2, -0.15) is 0 Å². The second-order valence-electron chi connectivity index (χ2n) is 6.91. The lowest BCUT2D eigenvalue weighted by Crippen LogP contribution is -2.37. The van der Waals surface area contributed by atoms with Crippen molar-refractivity contribution in [3.8, 4) is 5.75 Å². The third kappa shape index (κ3) is 3.50. The Morgan fingerprint density at radius 2 is 1.89 bits per heavy atom. The number of hydrogen-bond donors (Lipinski definition) is 1. The predicted octanol–water partition coefficient (Wildman–Crippen LogP) is 3.75. The quantitative estimate of drug-likeness (QED) is 0.871. The average molecular weight is 261 g/mol. The van der Waals surface area contributed by atoms with Gasteiger partial charge in [0.2, 0.25) is 0 Å². The third-order valence-electron chi connectivity index (χ3n) is 4.11. The van der Waals surface area contributed by atoms with E-state index in [-0.39, 0.29) is 5.54 Å². The van der Waals surface area contributed by atoms with Crippen molar-refractivity contribution >= 4 is 0 Å². The molecule has 1 fully saturated rings. The maximum Gasteiger partial charge on any atom is 0.119 e. The molecular weight excluding hydrogens is 234 g/mol. The lowest BCUT2D eigenvalue weighted by atomic mass is 9.95. The molecule has 0 spiro atoms. The molecule has 2 unspecified atom stereocenters. The summed E-state index contributed by atoms with van der Waals surface area (Å²) in [6.07, 6.45) is 1.28. The van der Waals surface area contributed by atoms with E-state index in [1.165, 1.54) is 12.0 Å². The van der Waals surface area contributed by atoms with Gasteiger partial charge >= 0.3 is 0 Å². The van der Waals surface area contributed by atoms with Crippen LogP contribution in [0.1, 0.15) is 46.6 Å². The van der Waals surface area contributed by atoms with Crippen molar-refractivity contribution in [1.29, 1.82) is 0 Å². The number of rotatable bonds is 5. The molecule has 2 rings (SSSR count). The molecule has 1 aromatic rings. The van der Waals surface area contributed by atoms with E-state index < -0.39 is 0 Å². The van der Waals surface area contributed by atoms with Gasteiger partial charge in [-0.15, -0.1) is 0 Å². The minimum atomic E-state index is 0.211. The van der Waals surface area contributed by atoms with Gasteiger partial charge in [-0.3, -0.25) is 0 Å². The Labute approximate surface area is 117 Å². The Hall–Kier alpha value is -1.02. The minimum Gasteiger partial charge on any atom is -0.494 e. The molecule has 0 heterocycles. The number of ether oxygens (including phenoxy) is 1. The first kappa shape index (κ1) is 14.4. The highest BCUT2D eigenvalue weighted by Crippen LogP contribution is 2.53. The number of hydrogen-bond acceptors (Lipinski definition) is 2. The van der Waals surface area contributed by atoms with Gasteiger partial charge in [0.05, 0.1) is 6.61 Å². The fourth-order valence-corrected chi connectivity index (χ4v) is 2.63. The number of benzene rings is 1. The van der Waals surface area contributed by atoms with Gasteiger partial charge in [-0.1, -0.05) is 19.1 Å². The van der Waals surface area contributed by atoms with Gasteiger partial charge in [0.25, 0.3) is 0 Å². The van der Waals surface area contributed by atoms with Gasteiger partial charge in [0.15, 0.2) is 0 Å². The summed E-state index contributed by atoms with van der Waals surface area (Å²) in [5, 5.41) is 3.62. The molecule has 0 amide bonds. The van der Waals surface area contributed by atoms with Crippen LogP contribution in [0.2, 0.25) is 0 Å². The smallest absolute Gasteiger partial charge is 0.119 e.